The lowest BCUT2D eigenvalue weighted by Crippen LogP contribution is -2.17. The number of halogens is 4. The largest absolute Gasteiger partial charge is 0.396 e. The molecule has 0 aliphatic carbocycles. The van der Waals surface area contributed by atoms with Gasteiger partial charge in [0.2, 0.25) is 0 Å². The van der Waals surface area contributed by atoms with E-state index in [-0.39, 0.29) is 5.69 Å². The van der Waals surface area contributed by atoms with Crippen molar-refractivity contribution in [1.29, 1.82) is 0 Å². The van der Waals surface area contributed by atoms with Gasteiger partial charge in [0.1, 0.15) is 11.4 Å². The van der Waals surface area contributed by atoms with Gasteiger partial charge in [0.05, 0.1) is 11.4 Å². The number of nitrogens with one attached hydrogen (secondary N) is 1. The Morgan fingerprint density at radius 1 is 1.25 bits per heavy atom. The summed E-state index contributed by atoms with van der Waals surface area (Å²) in [5.41, 5.74) is 4.57. The van der Waals surface area contributed by atoms with Crippen molar-refractivity contribution in [3.05, 3.63) is 57.0 Å². The fourth-order valence-corrected chi connectivity index (χ4v) is 2.07. The predicted molar refractivity (Wildman–Crippen MR) is 77.9 cm³/mol. The summed E-state index contributed by atoms with van der Waals surface area (Å²) in [6.07, 6.45) is 0. The van der Waals surface area contributed by atoms with Crippen LogP contribution in [0.1, 0.15) is 10.4 Å². The average molecular weight is 362 g/mol. The second kappa shape index (κ2) is 5.76. The number of carbonyl (C=O) groups excluding carboxylic acids is 1. The van der Waals surface area contributed by atoms with Crippen molar-refractivity contribution in [2.75, 3.05) is 11.1 Å². The molecule has 7 heteroatoms. The molecule has 0 saturated heterocycles. The van der Waals surface area contributed by atoms with Crippen molar-refractivity contribution >= 4 is 44.8 Å². The molecule has 2 aromatic carbocycles. The first-order valence-corrected chi connectivity index (χ1v) is 6.57. The Morgan fingerprint density at radius 3 is 2.65 bits per heavy atom. The van der Waals surface area contributed by atoms with E-state index in [4.69, 9.17) is 17.3 Å². The molecule has 20 heavy (non-hydrogen) atoms. The molecule has 2 aromatic rings. The molecule has 3 N–H and O–H groups in total. The standard InChI is InChI=1S/C13H8BrClF2N2O/c14-7-2-1-6(15)5-10(7)19-13(20)11-8(16)3-4-9(18)12(11)17/h1-5H,18H2,(H,19,20). The van der Waals surface area contributed by atoms with E-state index in [0.29, 0.717) is 15.2 Å². The van der Waals surface area contributed by atoms with Gasteiger partial charge in [0.25, 0.3) is 5.91 Å². The van der Waals surface area contributed by atoms with Crippen molar-refractivity contribution in [3.8, 4) is 0 Å². The van der Waals surface area contributed by atoms with Crippen LogP contribution in [0.25, 0.3) is 0 Å². The Morgan fingerprint density at radius 2 is 1.95 bits per heavy atom. The third kappa shape index (κ3) is 2.91. The van der Waals surface area contributed by atoms with Crippen LogP contribution in [0.5, 0.6) is 0 Å². The van der Waals surface area contributed by atoms with Gasteiger partial charge in [-0.15, -0.1) is 0 Å². The number of carbonyl (C=O) groups is 1. The van der Waals surface area contributed by atoms with Gasteiger partial charge in [-0.2, -0.15) is 0 Å². The second-order valence-corrected chi connectivity index (χ2v) is 5.19. The van der Waals surface area contributed by atoms with E-state index in [2.05, 4.69) is 21.2 Å². The zero-order chi connectivity index (χ0) is 14.9. The van der Waals surface area contributed by atoms with Crippen LogP contribution in [0.2, 0.25) is 5.02 Å². The molecule has 104 valence electrons. The normalized spacial score (nSPS) is 10.4. The summed E-state index contributed by atoms with van der Waals surface area (Å²) < 4.78 is 27.8. The molecule has 1 amide bonds. The van der Waals surface area contributed by atoms with Crippen LogP contribution in [-0.4, -0.2) is 5.91 Å². The first-order valence-electron chi connectivity index (χ1n) is 5.40. The Hall–Kier alpha value is -1.66. The molecule has 2 rings (SSSR count). The van der Waals surface area contributed by atoms with Gasteiger partial charge in [-0.05, 0) is 46.3 Å². The van der Waals surface area contributed by atoms with E-state index in [9.17, 15) is 13.6 Å². The smallest absolute Gasteiger partial charge is 0.261 e. The van der Waals surface area contributed by atoms with E-state index < -0.39 is 23.1 Å². The van der Waals surface area contributed by atoms with Gasteiger partial charge in [0.15, 0.2) is 5.82 Å². The maximum absolute atomic E-state index is 13.7. The summed E-state index contributed by atoms with van der Waals surface area (Å²) in [4.78, 5) is 12.0. The predicted octanol–water partition coefficient (Wildman–Crippen LogP) is 4.22. The van der Waals surface area contributed by atoms with Crippen molar-refractivity contribution in [3.63, 3.8) is 0 Å². The summed E-state index contributed by atoms with van der Waals surface area (Å²) in [7, 11) is 0. The summed E-state index contributed by atoms with van der Waals surface area (Å²) >= 11 is 8.99. The molecule has 0 atom stereocenters. The molecular weight excluding hydrogens is 354 g/mol. The summed E-state index contributed by atoms with van der Waals surface area (Å²) in [5.74, 6) is -3.04. The van der Waals surface area contributed by atoms with E-state index in [1.807, 2.05) is 0 Å². The van der Waals surface area contributed by atoms with Crippen LogP contribution < -0.4 is 11.1 Å². The summed E-state index contributed by atoms with van der Waals surface area (Å²) in [5, 5.41) is 2.74. The number of anilines is 2. The molecular formula is C13H8BrClF2N2O. The Bertz CT molecular complexity index is 694. The van der Waals surface area contributed by atoms with Gasteiger partial charge >= 0.3 is 0 Å². The molecule has 0 bridgehead atoms. The average Bonchev–Trinajstić information content (AvgIpc) is 2.39. The maximum Gasteiger partial charge on any atom is 0.261 e. The Balaban J connectivity index is 2.38. The van der Waals surface area contributed by atoms with Gasteiger partial charge in [0, 0.05) is 9.50 Å². The van der Waals surface area contributed by atoms with Crippen molar-refractivity contribution in [2.45, 2.75) is 0 Å². The van der Waals surface area contributed by atoms with E-state index in [1.54, 1.807) is 12.1 Å². The zero-order valence-corrected chi connectivity index (χ0v) is 12.2. The maximum atomic E-state index is 13.7. The highest BCUT2D eigenvalue weighted by molar-refractivity contribution is 9.10. The SMILES string of the molecule is Nc1ccc(F)c(C(=O)Nc2cc(Cl)ccc2Br)c1F. The van der Waals surface area contributed by atoms with Crippen LogP contribution in [-0.2, 0) is 0 Å². The first-order chi connectivity index (χ1) is 9.40. The lowest BCUT2D eigenvalue weighted by atomic mass is 10.1. The number of rotatable bonds is 2. The fraction of sp³-hybridized carbons (Fsp3) is 0. The minimum atomic E-state index is -1.10. The van der Waals surface area contributed by atoms with Crippen LogP contribution in [0.3, 0.4) is 0 Å². The topological polar surface area (TPSA) is 55.1 Å². The van der Waals surface area contributed by atoms with Gasteiger partial charge < -0.3 is 11.1 Å². The van der Waals surface area contributed by atoms with E-state index >= 15 is 0 Å². The van der Waals surface area contributed by atoms with Gasteiger partial charge in [-0.25, -0.2) is 8.78 Å². The highest BCUT2D eigenvalue weighted by Crippen LogP contribution is 2.27. The highest BCUT2D eigenvalue weighted by Gasteiger charge is 2.20. The summed E-state index contributed by atoms with van der Waals surface area (Å²) in [6.45, 7) is 0. The van der Waals surface area contributed by atoms with Crippen LogP contribution in [0, 0.1) is 11.6 Å². The van der Waals surface area contributed by atoms with Crippen molar-refractivity contribution < 1.29 is 13.6 Å². The molecule has 0 fully saturated rings. The minimum Gasteiger partial charge on any atom is -0.396 e. The number of nitrogens with two attached hydrogens (primary N) is 1. The van der Waals surface area contributed by atoms with E-state index in [1.165, 1.54) is 6.07 Å². The number of hydrogen-bond donors (Lipinski definition) is 2. The molecule has 0 saturated carbocycles. The highest BCUT2D eigenvalue weighted by atomic mass is 79.9. The molecule has 0 heterocycles. The first kappa shape index (κ1) is 14.7. The van der Waals surface area contributed by atoms with Crippen molar-refractivity contribution in [2.24, 2.45) is 0 Å². The van der Waals surface area contributed by atoms with E-state index in [0.717, 1.165) is 12.1 Å². The molecule has 0 aliphatic heterocycles. The molecule has 0 aliphatic rings. The molecule has 3 nitrogen and oxygen atoms in total. The van der Waals surface area contributed by atoms with Crippen LogP contribution >= 0.6 is 27.5 Å². The summed E-state index contributed by atoms with van der Waals surface area (Å²) in [6, 6.07) is 6.63. The lowest BCUT2D eigenvalue weighted by molar-refractivity contribution is 0.101. The molecule has 0 unspecified atom stereocenters. The lowest BCUT2D eigenvalue weighted by Gasteiger charge is -2.10. The second-order valence-electron chi connectivity index (χ2n) is 3.90. The Kier molecular flexibility index (Phi) is 4.25. The van der Waals surface area contributed by atoms with Crippen LogP contribution in [0.4, 0.5) is 20.2 Å². The number of benzene rings is 2. The fourth-order valence-electron chi connectivity index (χ4n) is 1.55. The number of nitrogen functional groups attached to an aromatic ring is 1. The van der Waals surface area contributed by atoms with Gasteiger partial charge in [-0.3, -0.25) is 4.79 Å². The third-order valence-electron chi connectivity index (χ3n) is 2.52. The minimum absolute atomic E-state index is 0.295. The molecule has 0 aromatic heterocycles. The number of amides is 1. The zero-order valence-electron chi connectivity index (χ0n) is 9.88. The van der Waals surface area contributed by atoms with Gasteiger partial charge in [-0.1, -0.05) is 11.6 Å². The van der Waals surface area contributed by atoms with Crippen LogP contribution in [0.15, 0.2) is 34.8 Å². The number of hydrogen-bond acceptors (Lipinski definition) is 2. The monoisotopic (exact) mass is 360 g/mol. The Labute approximate surface area is 126 Å². The quantitative estimate of drug-likeness (QED) is 0.787. The molecule has 0 radical (unpaired) electrons. The molecule has 0 spiro atoms. The van der Waals surface area contributed by atoms with Crippen molar-refractivity contribution in [1.82, 2.24) is 0 Å². The third-order valence-corrected chi connectivity index (χ3v) is 3.45.